The molecule has 2 aromatic heterocycles. The van der Waals surface area contributed by atoms with E-state index in [1.807, 2.05) is 36.4 Å². The molecule has 5 heteroatoms. The summed E-state index contributed by atoms with van der Waals surface area (Å²) in [5.74, 6) is 2.01. The van der Waals surface area contributed by atoms with E-state index in [-0.39, 0.29) is 0 Å². The second kappa shape index (κ2) is 9.47. The van der Waals surface area contributed by atoms with Gasteiger partial charge in [0, 0.05) is 27.8 Å². The predicted octanol–water partition coefficient (Wildman–Crippen LogP) is 7.62. The maximum Gasteiger partial charge on any atom is 0.166 e. The standard InChI is InChI=1S/C37H28N4Si/c1-42(2)31-24-13-12-21-28(31)33-34(42)29-22-14-23-30(32(29)41(33)27-19-10-5-11-20-27)37-39-35(25-15-6-3-7-16-25)38-36(40-37)26-17-8-4-9-18-26/h3-24H,1-2H3. The average molecular weight is 557 g/mol. The zero-order chi connectivity index (χ0) is 28.3. The van der Waals surface area contributed by atoms with E-state index >= 15 is 0 Å². The fraction of sp³-hybridized carbons (Fsp3) is 0.0541. The largest absolute Gasteiger partial charge is 0.309 e. The zero-order valence-corrected chi connectivity index (χ0v) is 24.5. The first-order chi connectivity index (χ1) is 20.6. The van der Waals surface area contributed by atoms with Gasteiger partial charge in [0.2, 0.25) is 0 Å². The molecule has 7 aromatic rings. The molecular weight excluding hydrogens is 529 g/mol. The number of nitrogens with zero attached hydrogens (tertiary/aromatic N) is 4. The first-order valence-electron chi connectivity index (χ1n) is 14.3. The molecule has 0 fully saturated rings. The molecule has 4 nitrogen and oxygen atoms in total. The molecule has 0 radical (unpaired) electrons. The molecule has 3 heterocycles. The summed E-state index contributed by atoms with van der Waals surface area (Å²) in [4.78, 5) is 15.2. The molecule has 0 spiro atoms. The van der Waals surface area contributed by atoms with Crippen molar-refractivity contribution in [1.82, 2.24) is 19.5 Å². The van der Waals surface area contributed by atoms with Crippen LogP contribution in [0.5, 0.6) is 0 Å². The van der Waals surface area contributed by atoms with Crippen LogP contribution >= 0.6 is 0 Å². The number of hydrogen-bond donors (Lipinski definition) is 0. The van der Waals surface area contributed by atoms with Crippen LogP contribution in [0.25, 0.3) is 62.0 Å². The Labute approximate surface area is 246 Å². The van der Waals surface area contributed by atoms with Crippen molar-refractivity contribution >= 4 is 29.4 Å². The minimum atomic E-state index is -1.98. The van der Waals surface area contributed by atoms with Crippen molar-refractivity contribution in [2.75, 3.05) is 0 Å². The molecule has 0 aliphatic carbocycles. The van der Waals surface area contributed by atoms with Crippen molar-refractivity contribution in [2.45, 2.75) is 13.1 Å². The Kier molecular flexibility index (Phi) is 5.56. The Morgan fingerprint density at radius 1 is 0.500 bits per heavy atom. The summed E-state index contributed by atoms with van der Waals surface area (Å²) >= 11 is 0. The lowest BCUT2D eigenvalue weighted by molar-refractivity contribution is 1.07. The van der Waals surface area contributed by atoms with Crippen molar-refractivity contribution < 1.29 is 0 Å². The molecule has 0 saturated carbocycles. The van der Waals surface area contributed by atoms with E-state index in [1.165, 1.54) is 27.0 Å². The van der Waals surface area contributed by atoms with Crippen LogP contribution in [0.2, 0.25) is 13.1 Å². The Morgan fingerprint density at radius 2 is 1.02 bits per heavy atom. The van der Waals surface area contributed by atoms with Gasteiger partial charge >= 0.3 is 0 Å². The normalized spacial score (nSPS) is 13.2. The molecule has 5 aromatic carbocycles. The van der Waals surface area contributed by atoms with E-state index in [9.17, 15) is 0 Å². The van der Waals surface area contributed by atoms with E-state index in [2.05, 4.69) is 115 Å². The van der Waals surface area contributed by atoms with Crippen LogP contribution in [0.1, 0.15) is 0 Å². The van der Waals surface area contributed by atoms with E-state index in [0.29, 0.717) is 17.5 Å². The van der Waals surface area contributed by atoms with Crippen LogP contribution in [-0.2, 0) is 0 Å². The molecule has 0 atom stereocenters. The van der Waals surface area contributed by atoms with Gasteiger partial charge < -0.3 is 4.57 Å². The summed E-state index contributed by atoms with van der Waals surface area (Å²) in [7, 11) is -1.98. The third-order valence-electron chi connectivity index (χ3n) is 8.42. The summed E-state index contributed by atoms with van der Waals surface area (Å²) in [6.07, 6.45) is 0. The van der Waals surface area contributed by atoms with Crippen LogP contribution in [0, 0.1) is 0 Å². The van der Waals surface area contributed by atoms with E-state index in [1.54, 1.807) is 0 Å². The maximum absolute atomic E-state index is 5.12. The maximum atomic E-state index is 5.12. The fourth-order valence-corrected chi connectivity index (χ4v) is 9.91. The second-order valence-electron chi connectivity index (χ2n) is 11.3. The van der Waals surface area contributed by atoms with Gasteiger partial charge in [-0.2, -0.15) is 0 Å². The monoisotopic (exact) mass is 556 g/mol. The molecule has 0 bridgehead atoms. The van der Waals surface area contributed by atoms with Crippen molar-refractivity contribution in [1.29, 1.82) is 0 Å². The average Bonchev–Trinajstić information content (AvgIpc) is 3.53. The van der Waals surface area contributed by atoms with Gasteiger partial charge in [0.15, 0.2) is 17.5 Å². The van der Waals surface area contributed by atoms with Gasteiger partial charge in [-0.15, -0.1) is 0 Å². The van der Waals surface area contributed by atoms with Gasteiger partial charge in [-0.3, -0.25) is 0 Å². The molecular formula is C37H28N4Si. The molecule has 0 unspecified atom stereocenters. The minimum absolute atomic E-state index is 0.668. The quantitative estimate of drug-likeness (QED) is 0.210. The van der Waals surface area contributed by atoms with Crippen LogP contribution in [0.4, 0.5) is 0 Å². The summed E-state index contributed by atoms with van der Waals surface area (Å²) in [6, 6.07) is 46.6. The SMILES string of the molecule is C[Si]1(C)c2ccccc2-c2c1c1cccc(-c3nc(-c4ccccc4)nc(-c4ccccc4)n3)c1n2-c1ccccc1. The van der Waals surface area contributed by atoms with Crippen LogP contribution in [0.3, 0.4) is 0 Å². The molecule has 200 valence electrons. The van der Waals surface area contributed by atoms with Gasteiger partial charge in [-0.1, -0.05) is 128 Å². The van der Waals surface area contributed by atoms with Crippen LogP contribution in [0.15, 0.2) is 133 Å². The second-order valence-corrected chi connectivity index (χ2v) is 15.6. The number of rotatable bonds is 4. The smallest absolute Gasteiger partial charge is 0.166 e. The lowest BCUT2D eigenvalue weighted by Crippen LogP contribution is -2.49. The van der Waals surface area contributed by atoms with Gasteiger partial charge in [-0.05, 0) is 34.1 Å². The van der Waals surface area contributed by atoms with Gasteiger partial charge in [0.05, 0.1) is 11.2 Å². The van der Waals surface area contributed by atoms with Crippen molar-refractivity contribution in [3.63, 3.8) is 0 Å². The highest BCUT2D eigenvalue weighted by molar-refractivity contribution is 7.05. The highest BCUT2D eigenvalue weighted by atomic mass is 28.3. The highest BCUT2D eigenvalue weighted by Gasteiger charge is 2.42. The number of benzene rings is 5. The summed E-state index contributed by atoms with van der Waals surface area (Å²) in [5, 5.41) is 4.25. The molecule has 8 rings (SSSR count). The highest BCUT2D eigenvalue weighted by Crippen LogP contribution is 2.40. The molecule has 1 aliphatic heterocycles. The molecule has 42 heavy (non-hydrogen) atoms. The number of fused-ring (bicyclic) bond motifs is 5. The lowest BCUT2D eigenvalue weighted by atomic mass is 10.1. The fourth-order valence-electron chi connectivity index (χ4n) is 6.54. The Hall–Kier alpha value is -5.13. The van der Waals surface area contributed by atoms with Crippen molar-refractivity contribution in [3.05, 3.63) is 133 Å². The minimum Gasteiger partial charge on any atom is -0.309 e. The first-order valence-corrected chi connectivity index (χ1v) is 17.3. The lowest BCUT2D eigenvalue weighted by Gasteiger charge is -2.19. The summed E-state index contributed by atoms with van der Waals surface area (Å²) in [6.45, 7) is 4.95. The third kappa shape index (κ3) is 3.71. The molecule has 0 saturated heterocycles. The molecule has 0 N–H and O–H groups in total. The van der Waals surface area contributed by atoms with E-state index < -0.39 is 8.07 Å². The molecule has 1 aliphatic rings. The summed E-state index contributed by atoms with van der Waals surface area (Å²) < 4.78 is 2.45. The Balaban J connectivity index is 1.49. The van der Waals surface area contributed by atoms with Gasteiger partial charge in [-0.25, -0.2) is 15.0 Å². The van der Waals surface area contributed by atoms with E-state index in [0.717, 1.165) is 27.9 Å². The zero-order valence-electron chi connectivity index (χ0n) is 23.5. The van der Waals surface area contributed by atoms with Crippen molar-refractivity contribution in [3.8, 4) is 51.1 Å². The van der Waals surface area contributed by atoms with Gasteiger partial charge in [0.1, 0.15) is 8.07 Å². The number of aromatic nitrogens is 4. The first kappa shape index (κ1) is 24.6. The Bertz CT molecular complexity index is 2040. The third-order valence-corrected chi connectivity index (χ3v) is 12.0. The molecule has 0 amide bonds. The van der Waals surface area contributed by atoms with Crippen molar-refractivity contribution in [2.24, 2.45) is 0 Å². The van der Waals surface area contributed by atoms with Crippen LogP contribution < -0.4 is 10.4 Å². The van der Waals surface area contributed by atoms with Gasteiger partial charge in [0.25, 0.3) is 0 Å². The number of hydrogen-bond acceptors (Lipinski definition) is 3. The summed E-state index contributed by atoms with van der Waals surface area (Å²) in [5.41, 5.74) is 7.86. The topological polar surface area (TPSA) is 43.6 Å². The van der Waals surface area contributed by atoms with E-state index in [4.69, 9.17) is 15.0 Å². The Morgan fingerprint density at radius 3 is 1.67 bits per heavy atom. The number of para-hydroxylation sites is 2. The van der Waals surface area contributed by atoms with Crippen LogP contribution in [-0.4, -0.2) is 27.6 Å². The predicted molar refractivity (Wildman–Crippen MR) is 175 cm³/mol.